The molecular weight excluding hydrogens is 405 g/mol. The summed E-state index contributed by atoms with van der Waals surface area (Å²) in [7, 11) is 1.53. The number of rotatable bonds is 2. The first kappa shape index (κ1) is 16.5. The van der Waals surface area contributed by atoms with Crippen LogP contribution < -0.4 is 5.56 Å². The highest BCUT2D eigenvalue weighted by atomic mass is 79.9. The average molecular weight is 416 g/mol. The van der Waals surface area contributed by atoms with Crippen LogP contribution in [0, 0.1) is 5.82 Å². The average Bonchev–Trinajstić information content (AvgIpc) is 3.10. The molecule has 1 N–H and O–H groups in total. The second kappa shape index (κ2) is 6.06. The predicted octanol–water partition coefficient (Wildman–Crippen LogP) is 3.86. The van der Waals surface area contributed by atoms with Crippen LogP contribution in [0.2, 0.25) is 0 Å². The number of hydrogen-bond acceptors (Lipinski definition) is 5. The van der Waals surface area contributed by atoms with Crippen molar-refractivity contribution in [3.8, 4) is 28.6 Å². The number of aromatic hydroxyl groups is 1. The van der Waals surface area contributed by atoms with Gasteiger partial charge in [-0.2, -0.15) is 4.98 Å². The van der Waals surface area contributed by atoms with Crippen LogP contribution in [-0.4, -0.2) is 19.8 Å². The van der Waals surface area contributed by atoms with Gasteiger partial charge in [-0.1, -0.05) is 21.1 Å². The lowest BCUT2D eigenvalue weighted by Gasteiger charge is -2.09. The first-order valence-electron chi connectivity index (χ1n) is 7.57. The van der Waals surface area contributed by atoms with Gasteiger partial charge in [-0.25, -0.2) is 4.39 Å². The number of fused-ring (bicyclic) bond motifs is 1. The molecule has 2 aromatic carbocycles. The summed E-state index contributed by atoms with van der Waals surface area (Å²) in [5.74, 6) is -0.785. The quantitative estimate of drug-likeness (QED) is 0.537. The maximum absolute atomic E-state index is 13.6. The van der Waals surface area contributed by atoms with Crippen molar-refractivity contribution >= 4 is 26.8 Å². The fourth-order valence-corrected chi connectivity index (χ4v) is 3.00. The highest BCUT2D eigenvalue weighted by Gasteiger charge is 2.22. The zero-order chi connectivity index (χ0) is 18.4. The molecule has 4 rings (SSSR count). The fourth-order valence-electron chi connectivity index (χ4n) is 2.74. The summed E-state index contributed by atoms with van der Waals surface area (Å²) in [5.41, 5.74) is 0.394. The van der Waals surface area contributed by atoms with E-state index >= 15 is 0 Å². The molecule has 0 aliphatic rings. The van der Waals surface area contributed by atoms with E-state index in [9.17, 15) is 14.3 Å². The third kappa shape index (κ3) is 2.59. The standard InChI is InChI=1S/C18H11BrFN3O3/c1-23-13-7-6-11(20)8-12(13)15(24)14(18(23)25)17-21-16(22-26-17)9-2-4-10(19)5-3-9/h2-8,24H,1H3. The normalized spacial score (nSPS) is 11.2. The van der Waals surface area contributed by atoms with E-state index in [1.165, 1.54) is 23.7 Å². The molecule has 0 aliphatic heterocycles. The molecule has 0 bridgehead atoms. The van der Waals surface area contributed by atoms with Gasteiger partial charge in [0.25, 0.3) is 11.4 Å². The number of nitrogens with zero attached hydrogens (tertiary/aromatic N) is 3. The monoisotopic (exact) mass is 415 g/mol. The summed E-state index contributed by atoms with van der Waals surface area (Å²) < 4.78 is 21.0. The van der Waals surface area contributed by atoms with E-state index in [1.54, 1.807) is 12.1 Å². The first-order chi connectivity index (χ1) is 12.5. The molecule has 2 heterocycles. The molecule has 2 aromatic heterocycles. The summed E-state index contributed by atoms with van der Waals surface area (Å²) in [4.78, 5) is 16.9. The van der Waals surface area contributed by atoms with E-state index in [0.717, 1.165) is 10.5 Å². The van der Waals surface area contributed by atoms with Gasteiger partial charge in [-0.05, 0) is 42.5 Å². The van der Waals surface area contributed by atoms with Gasteiger partial charge in [-0.15, -0.1) is 0 Å². The summed E-state index contributed by atoms with van der Waals surface area (Å²) in [6.45, 7) is 0. The molecule has 0 unspecified atom stereocenters. The maximum Gasteiger partial charge on any atom is 0.267 e. The van der Waals surface area contributed by atoms with Crippen LogP contribution in [0.25, 0.3) is 33.7 Å². The van der Waals surface area contributed by atoms with E-state index in [0.29, 0.717) is 11.1 Å². The smallest absolute Gasteiger partial charge is 0.267 e. The lowest BCUT2D eigenvalue weighted by Crippen LogP contribution is -2.19. The van der Waals surface area contributed by atoms with Crippen molar-refractivity contribution in [1.29, 1.82) is 0 Å². The number of aryl methyl sites for hydroxylation is 1. The predicted molar refractivity (Wildman–Crippen MR) is 97.2 cm³/mol. The number of pyridine rings is 1. The van der Waals surface area contributed by atoms with Crippen LogP contribution in [0.5, 0.6) is 5.75 Å². The van der Waals surface area contributed by atoms with Gasteiger partial charge in [-0.3, -0.25) is 4.79 Å². The van der Waals surface area contributed by atoms with Crippen LogP contribution >= 0.6 is 15.9 Å². The summed E-state index contributed by atoms with van der Waals surface area (Å²) in [6.07, 6.45) is 0. The molecule has 0 atom stereocenters. The summed E-state index contributed by atoms with van der Waals surface area (Å²) in [5, 5.41) is 14.6. The van der Waals surface area contributed by atoms with Crippen LogP contribution in [-0.2, 0) is 7.05 Å². The van der Waals surface area contributed by atoms with Gasteiger partial charge < -0.3 is 14.2 Å². The summed E-state index contributed by atoms with van der Waals surface area (Å²) in [6, 6.07) is 11.0. The lowest BCUT2D eigenvalue weighted by molar-refractivity contribution is 0.425. The maximum atomic E-state index is 13.6. The Balaban J connectivity index is 1.92. The van der Waals surface area contributed by atoms with Gasteiger partial charge in [0.05, 0.1) is 5.52 Å². The second-order valence-corrected chi connectivity index (χ2v) is 6.59. The molecule has 4 aromatic rings. The van der Waals surface area contributed by atoms with E-state index in [1.807, 2.05) is 12.1 Å². The van der Waals surface area contributed by atoms with Crippen LogP contribution in [0.15, 0.2) is 56.3 Å². The molecule has 8 heteroatoms. The molecule has 0 amide bonds. The van der Waals surface area contributed by atoms with Crippen molar-refractivity contribution in [3.63, 3.8) is 0 Å². The Labute approximate surface area is 154 Å². The highest BCUT2D eigenvalue weighted by Crippen LogP contribution is 2.33. The zero-order valence-corrected chi connectivity index (χ0v) is 15.0. The molecule has 0 saturated heterocycles. The molecule has 0 saturated carbocycles. The number of benzene rings is 2. The zero-order valence-electron chi connectivity index (χ0n) is 13.4. The Morgan fingerprint density at radius 3 is 2.65 bits per heavy atom. The van der Waals surface area contributed by atoms with Crippen LogP contribution in [0.3, 0.4) is 0 Å². The molecular formula is C18H11BrFN3O3. The van der Waals surface area contributed by atoms with Gasteiger partial charge in [0.2, 0.25) is 5.82 Å². The third-order valence-corrected chi connectivity index (χ3v) is 4.60. The second-order valence-electron chi connectivity index (χ2n) is 5.68. The largest absolute Gasteiger partial charge is 0.506 e. The molecule has 130 valence electrons. The Bertz CT molecular complexity index is 1200. The van der Waals surface area contributed by atoms with E-state index in [4.69, 9.17) is 4.52 Å². The van der Waals surface area contributed by atoms with Crippen molar-refractivity contribution in [3.05, 3.63) is 63.1 Å². The van der Waals surface area contributed by atoms with Crippen LogP contribution in [0.1, 0.15) is 0 Å². The molecule has 0 fully saturated rings. The summed E-state index contributed by atoms with van der Waals surface area (Å²) >= 11 is 3.34. The Morgan fingerprint density at radius 2 is 1.92 bits per heavy atom. The highest BCUT2D eigenvalue weighted by molar-refractivity contribution is 9.10. The van der Waals surface area contributed by atoms with Crippen LogP contribution in [0.4, 0.5) is 4.39 Å². The van der Waals surface area contributed by atoms with Gasteiger partial charge in [0, 0.05) is 22.5 Å². The number of hydrogen-bond donors (Lipinski definition) is 1. The Kier molecular flexibility index (Phi) is 3.84. The molecule has 26 heavy (non-hydrogen) atoms. The molecule has 0 radical (unpaired) electrons. The van der Waals surface area contributed by atoms with Crippen molar-refractivity contribution < 1.29 is 14.0 Å². The van der Waals surface area contributed by atoms with E-state index in [2.05, 4.69) is 26.1 Å². The van der Waals surface area contributed by atoms with Crippen molar-refractivity contribution in [2.24, 2.45) is 7.05 Å². The van der Waals surface area contributed by atoms with Gasteiger partial charge in [0.1, 0.15) is 17.1 Å². The van der Waals surface area contributed by atoms with Gasteiger partial charge >= 0.3 is 0 Å². The molecule has 6 nitrogen and oxygen atoms in total. The first-order valence-corrected chi connectivity index (χ1v) is 8.36. The SMILES string of the molecule is Cn1c(=O)c(-c2nc(-c3ccc(Br)cc3)no2)c(O)c2cc(F)ccc21. The molecule has 0 aliphatic carbocycles. The van der Waals surface area contributed by atoms with Crippen molar-refractivity contribution in [1.82, 2.24) is 14.7 Å². The minimum absolute atomic E-state index is 0.132. The minimum Gasteiger partial charge on any atom is -0.506 e. The fraction of sp³-hybridized carbons (Fsp3) is 0.0556. The minimum atomic E-state index is -0.529. The lowest BCUT2D eigenvalue weighted by atomic mass is 10.1. The van der Waals surface area contributed by atoms with E-state index < -0.39 is 17.1 Å². The van der Waals surface area contributed by atoms with E-state index in [-0.39, 0.29) is 22.7 Å². The number of halogens is 2. The Hall–Kier alpha value is -3.00. The van der Waals surface area contributed by atoms with Crippen molar-refractivity contribution in [2.75, 3.05) is 0 Å². The molecule has 0 spiro atoms. The number of aromatic nitrogens is 3. The van der Waals surface area contributed by atoms with Crippen molar-refractivity contribution in [2.45, 2.75) is 0 Å². The Morgan fingerprint density at radius 1 is 1.19 bits per heavy atom. The topological polar surface area (TPSA) is 81.2 Å². The third-order valence-electron chi connectivity index (χ3n) is 4.07. The van der Waals surface area contributed by atoms with Gasteiger partial charge in [0.15, 0.2) is 0 Å².